The second-order valence-corrected chi connectivity index (χ2v) is 3.67. The fourth-order valence-electron chi connectivity index (χ4n) is 2.12. The third-order valence-corrected chi connectivity index (χ3v) is 2.85. The molecule has 1 aromatic carbocycles. The molecule has 1 unspecified atom stereocenters. The summed E-state index contributed by atoms with van der Waals surface area (Å²) >= 11 is 0. The van der Waals surface area contributed by atoms with Crippen LogP contribution in [0.25, 0.3) is 0 Å². The van der Waals surface area contributed by atoms with Crippen molar-refractivity contribution in [1.29, 1.82) is 0 Å². The molecule has 0 aromatic heterocycles. The predicted octanol–water partition coefficient (Wildman–Crippen LogP) is 3.10. The minimum absolute atomic E-state index is 0.332. The van der Waals surface area contributed by atoms with E-state index in [9.17, 15) is 0 Å². The number of ether oxygens (including phenoxy) is 1. The van der Waals surface area contributed by atoms with Crippen LogP contribution in [-0.2, 0) is 11.2 Å². The molecule has 1 aliphatic carbocycles. The highest BCUT2D eigenvalue weighted by Crippen LogP contribution is 2.30. The third-order valence-electron chi connectivity index (χ3n) is 2.85. The number of fused-ring (bicyclic) bond motifs is 1. The second kappa shape index (κ2) is 3.93. The summed E-state index contributed by atoms with van der Waals surface area (Å²) in [6, 6.07) is 8.66. The van der Waals surface area contributed by atoms with Crippen LogP contribution in [-0.4, -0.2) is 7.11 Å². The molecular weight excluding hydrogens is 160 g/mol. The van der Waals surface area contributed by atoms with Gasteiger partial charge in [-0.25, -0.2) is 0 Å². The number of hydrogen-bond donors (Lipinski definition) is 0. The summed E-state index contributed by atoms with van der Waals surface area (Å²) in [5.41, 5.74) is 2.88. The lowest BCUT2D eigenvalue weighted by molar-refractivity contribution is 0.0952. The van der Waals surface area contributed by atoms with Gasteiger partial charge < -0.3 is 4.74 Å². The third kappa shape index (κ3) is 1.75. The molecule has 1 aromatic rings. The molecule has 1 aliphatic rings. The molecule has 0 amide bonds. The van der Waals surface area contributed by atoms with E-state index in [0.717, 1.165) is 0 Å². The Morgan fingerprint density at radius 3 is 2.92 bits per heavy atom. The first-order valence-electron chi connectivity index (χ1n) is 5.02. The number of methoxy groups -OCH3 is 1. The van der Waals surface area contributed by atoms with Crippen molar-refractivity contribution in [2.45, 2.75) is 31.8 Å². The van der Waals surface area contributed by atoms with Gasteiger partial charge in [0, 0.05) is 7.11 Å². The molecule has 70 valence electrons. The van der Waals surface area contributed by atoms with Gasteiger partial charge in [0.2, 0.25) is 0 Å². The van der Waals surface area contributed by atoms with Crippen LogP contribution < -0.4 is 0 Å². The van der Waals surface area contributed by atoms with E-state index in [4.69, 9.17) is 4.74 Å². The van der Waals surface area contributed by atoms with E-state index < -0.39 is 0 Å². The Hall–Kier alpha value is -0.820. The Morgan fingerprint density at radius 1 is 1.23 bits per heavy atom. The molecule has 1 atom stereocenters. The van der Waals surface area contributed by atoms with Crippen LogP contribution in [0.1, 0.15) is 36.5 Å². The lowest BCUT2D eigenvalue weighted by Gasteiger charge is -2.15. The first kappa shape index (κ1) is 8.76. The van der Waals surface area contributed by atoms with Crippen molar-refractivity contribution >= 4 is 0 Å². The van der Waals surface area contributed by atoms with Crippen molar-refractivity contribution in [2.24, 2.45) is 0 Å². The standard InChI is InChI=1S/C12H16O/c1-13-12-9-5-3-7-10-6-2-4-8-11(10)12/h2,4,6,8,12H,3,5,7,9H2,1H3. The summed E-state index contributed by atoms with van der Waals surface area (Å²) in [4.78, 5) is 0. The topological polar surface area (TPSA) is 9.23 Å². The van der Waals surface area contributed by atoms with Crippen LogP contribution in [0.4, 0.5) is 0 Å². The minimum atomic E-state index is 0.332. The summed E-state index contributed by atoms with van der Waals surface area (Å²) in [6.45, 7) is 0. The van der Waals surface area contributed by atoms with E-state index in [1.54, 1.807) is 0 Å². The van der Waals surface area contributed by atoms with Crippen molar-refractivity contribution in [1.82, 2.24) is 0 Å². The lowest BCUT2D eigenvalue weighted by atomic mass is 10.0. The van der Waals surface area contributed by atoms with E-state index in [-0.39, 0.29) is 0 Å². The van der Waals surface area contributed by atoms with Crippen LogP contribution in [0.5, 0.6) is 0 Å². The van der Waals surface area contributed by atoms with Gasteiger partial charge in [-0.15, -0.1) is 0 Å². The van der Waals surface area contributed by atoms with Crippen molar-refractivity contribution in [3.63, 3.8) is 0 Å². The molecule has 0 aliphatic heterocycles. The summed E-state index contributed by atoms with van der Waals surface area (Å²) < 4.78 is 5.50. The molecule has 1 heteroatoms. The smallest absolute Gasteiger partial charge is 0.0823 e. The average Bonchev–Trinajstić information content (AvgIpc) is 2.39. The summed E-state index contributed by atoms with van der Waals surface area (Å²) in [5.74, 6) is 0. The van der Waals surface area contributed by atoms with Gasteiger partial charge in [0.05, 0.1) is 6.10 Å². The second-order valence-electron chi connectivity index (χ2n) is 3.67. The van der Waals surface area contributed by atoms with Gasteiger partial charge in [0.15, 0.2) is 0 Å². The number of rotatable bonds is 1. The molecule has 0 saturated heterocycles. The van der Waals surface area contributed by atoms with Crippen molar-refractivity contribution in [3.8, 4) is 0 Å². The lowest BCUT2D eigenvalue weighted by Crippen LogP contribution is -2.01. The highest BCUT2D eigenvalue weighted by molar-refractivity contribution is 5.30. The highest BCUT2D eigenvalue weighted by Gasteiger charge is 2.16. The molecule has 0 N–H and O–H groups in total. The van der Waals surface area contributed by atoms with Gasteiger partial charge in [-0.05, 0) is 30.4 Å². The molecule has 0 heterocycles. The number of aryl methyl sites for hydroxylation is 1. The SMILES string of the molecule is COC1CCCCc2ccccc21. The van der Waals surface area contributed by atoms with Gasteiger partial charge in [0.1, 0.15) is 0 Å². The van der Waals surface area contributed by atoms with Crippen LogP contribution in [0.15, 0.2) is 24.3 Å². The van der Waals surface area contributed by atoms with Crippen LogP contribution >= 0.6 is 0 Å². The van der Waals surface area contributed by atoms with Gasteiger partial charge in [-0.1, -0.05) is 30.7 Å². The first-order valence-corrected chi connectivity index (χ1v) is 5.02. The van der Waals surface area contributed by atoms with E-state index >= 15 is 0 Å². The van der Waals surface area contributed by atoms with Crippen LogP contribution in [0.2, 0.25) is 0 Å². The van der Waals surface area contributed by atoms with Crippen LogP contribution in [0, 0.1) is 0 Å². The molecule has 0 radical (unpaired) electrons. The molecule has 2 rings (SSSR count). The van der Waals surface area contributed by atoms with Gasteiger partial charge in [-0.2, -0.15) is 0 Å². The fourth-order valence-corrected chi connectivity index (χ4v) is 2.12. The van der Waals surface area contributed by atoms with Crippen molar-refractivity contribution < 1.29 is 4.74 Å². The Morgan fingerprint density at radius 2 is 2.08 bits per heavy atom. The molecule has 0 fully saturated rings. The fraction of sp³-hybridized carbons (Fsp3) is 0.500. The summed E-state index contributed by atoms with van der Waals surface area (Å²) in [5, 5.41) is 0. The van der Waals surface area contributed by atoms with Gasteiger partial charge >= 0.3 is 0 Å². The molecule has 0 spiro atoms. The molecule has 0 saturated carbocycles. The maximum absolute atomic E-state index is 5.50. The van der Waals surface area contributed by atoms with Crippen molar-refractivity contribution in [2.75, 3.05) is 7.11 Å². The van der Waals surface area contributed by atoms with Gasteiger partial charge in [0.25, 0.3) is 0 Å². The normalized spacial score (nSPS) is 22.1. The zero-order valence-corrected chi connectivity index (χ0v) is 8.12. The maximum Gasteiger partial charge on any atom is 0.0823 e. The largest absolute Gasteiger partial charge is 0.377 e. The first-order chi connectivity index (χ1) is 6.42. The van der Waals surface area contributed by atoms with Crippen molar-refractivity contribution in [3.05, 3.63) is 35.4 Å². The molecule has 1 nitrogen and oxygen atoms in total. The number of hydrogen-bond acceptors (Lipinski definition) is 1. The maximum atomic E-state index is 5.50. The zero-order chi connectivity index (χ0) is 9.10. The van der Waals surface area contributed by atoms with Crippen LogP contribution in [0.3, 0.4) is 0 Å². The average molecular weight is 176 g/mol. The van der Waals surface area contributed by atoms with E-state index in [1.807, 2.05) is 7.11 Å². The predicted molar refractivity (Wildman–Crippen MR) is 53.7 cm³/mol. The summed E-state index contributed by atoms with van der Waals surface area (Å²) in [7, 11) is 1.81. The van der Waals surface area contributed by atoms with E-state index in [1.165, 1.54) is 36.8 Å². The monoisotopic (exact) mass is 176 g/mol. The molecule has 13 heavy (non-hydrogen) atoms. The Balaban J connectivity index is 2.35. The summed E-state index contributed by atoms with van der Waals surface area (Å²) in [6.07, 6.45) is 5.31. The Labute approximate surface area is 79.7 Å². The Bertz CT molecular complexity index is 280. The van der Waals surface area contributed by atoms with E-state index in [2.05, 4.69) is 24.3 Å². The minimum Gasteiger partial charge on any atom is -0.377 e. The molecule has 0 bridgehead atoms. The quantitative estimate of drug-likeness (QED) is 0.597. The van der Waals surface area contributed by atoms with Gasteiger partial charge in [-0.3, -0.25) is 0 Å². The van der Waals surface area contributed by atoms with E-state index in [0.29, 0.717) is 6.10 Å². The zero-order valence-electron chi connectivity index (χ0n) is 8.12. The Kier molecular flexibility index (Phi) is 2.65. The highest BCUT2D eigenvalue weighted by atomic mass is 16.5. The molecular formula is C12H16O. The number of benzene rings is 1.